The number of carbonyl (C=O) groups is 1. The highest BCUT2D eigenvalue weighted by Crippen LogP contribution is 2.30. The number of rotatable bonds is 4. The Hall–Kier alpha value is -3.22. The van der Waals surface area contributed by atoms with E-state index >= 15 is 0 Å². The first-order valence-corrected chi connectivity index (χ1v) is 9.99. The number of likely N-dealkylation sites (tertiary alicyclic amines) is 1. The van der Waals surface area contributed by atoms with Crippen LogP contribution >= 0.6 is 0 Å². The fourth-order valence-electron chi connectivity index (χ4n) is 3.80. The maximum atomic E-state index is 12.0. The van der Waals surface area contributed by atoms with Gasteiger partial charge in [-0.1, -0.05) is 18.2 Å². The smallest absolute Gasteiger partial charge is 0.219 e. The van der Waals surface area contributed by atoms with Gasteiger partial charge in [0.25, 0.3) is 0 Å². The van der Waals surface area contributed by atoms with Crippen molar-refractivity contribution in [2.24, 2.45) is 0 Å². The lowest BCUT2D eigenvalue weighted by Gasteiger charge is -2.37. The van der Waals surface area contributed by atoms with E-state index in [2.05, 4.69) is 17.2 Å². The standard InChI is InChI=1S/C22H26N6O/c1-15-12-27(14-23-15)21-11-20(24-19-7-5-4-6-8-19)25-22(26-21)18-10-9-16(2)28(13-18)17(3)29/h4-8,11-12,14,16,18H,9-10,13H2,1-3H3,(H,24,25,26)/t16-,18+/m0/s1. The van der Waals surface area contributed by atoms with E-state index in [0.29, 0.717) is 6.54 Å². The number of amides is 1. The van der Waals surface area contributed by atoms with Crippen molar-refractivity contribution in [2.45, 2.75) is 45.6 Å². The zero-order chi connectivity index (χ0) is 20.4. The predicted octanol–water partition coefficient (Wildman–Crippen LogP) is 3.83. The number of benzene rings is 1. The number of aromatic nitrogens is 4. The third kappa shape index (κ3) is 4.29. The summed E-state index contributed by atoms with van der Waals surface area (Å²) in [6, 6.07) is 12.1. The van der Waals surface area contributed by atoms with Crippen molar-refractivity contribution in [3.05, 3.63) is 60.4 Å². The Morgan fingerprint density at radius 2 is 1.97 bits per heavy atom. The first kappa shape index (κ1) is 19.1. The number of anilines is 2. The van der Waals surface area contributed by atoms with E-state index in [0.717, 1.165) is 41.7 Å². The monoisotopic (exact) mass is 390 g/mol. The van der Waals surface area contributed by atoms with Crippen molar-refractivity contribution < 1.29 is 4.79 Å². The van der Waals surface area contributed by atoms with Crippen LogP contribution in [0.4, 0.5) is 11.5 Å². The fourth-order valence-corrected chi connectivity index (χ4v) is 3.80. The summed E-state index contributed by atoms with van der Waals surface area (Å²) in [6.45, 7) is 6.33. The summed E-state index contributed by atoms with van der Waals surface area (Å²) in [6.07, 6.45) is 5.62. The molecule has 1 aliphatic rings. The summed E-state index contributed by atoms with van der Waals surface area (Å²) in [5.74, 6) is 2.46. The molecule has 1 aromatic carbocycles. The van der Waals surface area contributed by atoms with Crippen LogP contribution in [0.25, 0.3) is 5.82 Å². The van der Waals surface area contributed by atoms with E-state index in [1.54, 1.807) is 13.3 Å². The summed E-state index contributed by atoms with van der Waals surface area (Å²) >= 11 is 0. The van der Waals surface area contributed by atoms with Crippen molar-refractivity contribution in [3.63, 3.8) is 0 Å². The van der Waals surface area contributed by atoms with Crippen LogP contribution in [0, 0.1) is 6.92 Å². The maximum Gasteiger partial charge on any atom is 0.219 e. The molecule has 0 bridgehead atoms. The van der Waals surface area contributed by atoms with Crippen LogP contribution in [0.5, 0.6) is 0 Å². The highest BCUT2D eigenvalue weighted by Gasteiger charge is 2.30. The number of nitrogens with zero attached hydrogens (tertiary/aromatic N) is 5. The summed E-state index contributed by atoms with van der Waals surface area (Å²) in [7, 11) is 0. The van der Waals surface area contributed by atoms with Gasteiger partial charge >= 0.3 is 0 Å². The van der Waals surface area contributed by atoms with Gasteiger partial charge in [0.15, 0.2) is 0 Å². The molecule has 1 aliphatic heterocycles. The van der Waals surface area contributed by atoms with Crippen LogP contribution in [-0.2, 0) is 4.79 Å². The van der Waals surface area contributed by atoms with Gasteiger partial charge in [-0.15, -0.1) is 0 Å². The SMILES string of the molecule is CC(=O)N1C[C@H](c2nc(Nc3ccccc3)cc(-n3cnc(C)c3)n2)CC[C@@H]1C. The molecule has 0 aliphatic carbocycles. The van der Waals surface area contributed by atoms with Crippen molar-refractivity contribution in [3.8, 4) is 5.82 Å². The van der Waals surface area contributed by atoms with Gasteiger partial charge in [0.05, 0.1) is 5.69 Å². The van der Waals surface area contributed by atoms with E-state index in [9.17, 15) is 4.79 Å². The minimum Gasteiger partial charge on any atom is -0.340 e. The number of imidazole rings is 1. The molecule has 3 heterocycles. The average Bonchev–Trinajstić information content (AvgIpc) is 3.15. The molecular weight excluding hydrogens is 364 g/mol. The lowest BCUT2D eigenvalue weighted by molar-refractivity contribution is -0.132. The molecule has 4 rings (SSSR count). The molecule has 0 unspecified atom stereocenters. The third-order valence-electron chi connectivity index (χ3n) is 5.40. The topological polar surface area (TPSA) is 75.9 Å². The zero-order valence-electron chi connectivity index (χ0n) is 17.0. The molecule has 1 N–H and O–H groups in total. The maximum absolute atomic E-state index is 12.0. The van der Waals surface area contributed by atoms with Crippen LogP contribution in [0.2, 0.25) is 0 Å². The highest BCUT2D eigenvalue weighted by atomic mass is 16.2. The highest BCUT2D eigenvalue weighted by molar-refractivity contribution is 5.73. The van der Waals surface area contributed by atoms with Gasteiger partial charge in [0.2, 0.25) is 5.91 Å². The van der Waals surface area contributed by atoms with E-state index in [1.807, 2.05) is 59.0 Å². The van der Waals surface area contributed by atoms with Crippen LogP contribution in [0.15, 0.2) is 48.9 Å². The molecule has 0 radical (unpaired) electrons. The zero-order valence-corrected chi connectivity index (χ0v) is 17.0. The second kappa shape index (κ2) is 8.03. The summed E-state index contributed by atoms with van der Waals surface area (Å²) in [4.78, 5) is 27.9. The molecule has 7 nitrogen and oxygen atoms in total. The molecule has 1 amide bonds. The largest absolute Gasteiger partial charge is 0.340 e. The molecule has 1 saturated heterocycles. The molecular formula is C22H26N6O. The van der Waals surface area contributed by atoms with Gasteiger partial charge in [0, 0.05) is 43.4 Å². The second-order valence-corrected chi connectivity index (χ2v) is 7.68. The molecule has 0 spiro atoms. The van der Waals surface area contributed by atoms with Crippen LogP contribution in [0.3, 0.4) is 0 Å². The van der Waals surface area contributed by atoms with Gasteiger partial charge in [-0.05, 0) is 38.8 Å². The number of piperidine rings is 1. The number of hydrogen-bond acceptors (Lipinski definition) is 5. The molecule has 2 aromatic heterocycles. The molecule has 2 atom stereocenters. The predicted molar refractivity (Wildman–Crippen MR) is 112 cm³/mol. The lowest BCUT2D eigenvalue weighted by atomic mass is 9.92. The quantitative estimate of drug-likeness (QED) is 0.733. The van der Waals surface area contributed by atoms with Gasteiger partial charge in [0.1, 0.15) is 23.8 Å². The Bertz CT molecular complexity index is 1000. The number of nitrogens with one attached hydrogen (secondary N) is 1. The Kier molecular flexibility index (Phi) is 5.29. The minimum absolute atomic E-state index is 0.103. The van der Waals surface area contributed by atoms with Crippen LogP contribution < -0.4 is 5.32 Å². The Labute approximate surface area is 170 Å². The van der Waals surface area contributed by atoms with Crippen molar-refractivity contribution >= 4 is 17.4 Å². The summed E-state index contributed by atoms with van der Waals surface area (Å²) in [5.41, 5.74) is 1.89. The summed E-state index contributed by atoms with van der Waals surface area (Å²) < 4.78 is 1.91. The third-order valence-corrected chi connectivity index (χ3v) is 5.40. The number of aryl methyl sites for hydroxylation is 1. The van der Waals surface area contributed by atoms with Gasteiger partial charge in [-0.25, -0.2) is 15.0 Å². The minimum atomic E-state index is 0.103. The normalized spacial score (nSPS) is 19.2. The van der Waals surface area contributed by atoms with E-state index < -0.39 is 0 Å². The molecule has 7 heteroatoms. The van der Waals surface area contributed by atoms with E-state index in [1.165, 1.54) is 0 Å². The fraction of sp³-hybridized carbons (Fsp3) is 0.364. The average molecular weight is 390 g/mol. The van der Waals surface area contributed by atoms with Crippen molar-refractivity contribution in [2.75, 3.05) is 11.9 Å². The Morgan fingerprint density at radius 3 is 2.66 bits per heavy atom. The van der Waals surface area contributed by atoms with E-state index in [4.69, 9.17) is 9.97 Å². The van der Waals surface area contributed by atoms with Crippen LogP contribution in [-0.4, -0.2) is 42.9 Å². The van der Waals surface area contributed by atoms with Crippen molar-refractivity contribution in [1.82, 2.24) is 24.4 Å². The van der Waals surface area contributed by atoms with Crippen molar-refractivity contribution in [1.29, 1.82) is 0 Å². The van der Waals surface area contributed by atoms with Crippen LogP contribution in [0.1, 0.15) is 44.1 Å². The first-order valence-electron chi connectivity index (χ1n) is 9.99. The molecule has 150 valence electrons. The molecule has 29 heavy (non-hydrogen) atoms. The first-order chi connectivity index (χ1) is 14.0. The molecule has 0 saturated carbocycles. The van der Waals surface area contributed by atoms with E-state index in [-0.39, 0.29) is 17.9 Å². The summed E-state index contributed by atoms with van der Waals surface area (Å²) in [5, 5.41) is 3.38. The number of hydrogen-bond donors (Lipinski definition) is 1. The molecule has 1 fully saturated rings. The van der Waals surface area contributed by atoms with Gasteiger partial charge in [-0.3, -0.25) is 9.36 Å². The van der Waals surface area contributed by atoms with Gasteiger partial charge < -0.3 is 10.2 Å². The lowest BCUT2D eigenvalue weighted by Crippen LogP contribution is -2.44. The second-order valence-electron chi connectivity index (χ2n) is 7.68. The Balaban J connectivity index is 1.70. The van der Waals surface area contributed by atoms with Gasteiger partial charge in [-0.2, -0.15) is 0 Å². The number of para-hydroxylation sites is 1. The Morgan fingerprint density at radius 1 is 1.17 bits per heavy atom. The number of carbonyl (C=O) groups excluding carboxylic acids is 1. The molecule has 3 aromatic rings.